The zero-order valence-corrected chi connectivity index (χ0v) is 10.5. The standard InChI is InChI=1S/C9H14N4O2S/c1-9(2,3)16(14,15)12-8-7(5-10)6-11-13(8)4/h6,12H,1-4H3. The van der Waals surface area contributed by atoms with Gasteiger partial charge in [0.25, 0.3) is 0 Å². The number of anilines is 1. The lowest BCUT2D eigenvalue weighted by molar-refractivity contribution is 0.565. The first kappa shape index (κ1) is 12.5. The highest BCUT2D eigenvalue weighted by Gasteiger charge is 2.30. The van der Waals surface area contributed by atoms with E-state index in [1.54, 1.807) is 27.8 Å². The van der Waals surface area contributed by atoms with Crippen LogP contribution in [0.4, 0.5) is 5.82 Å². The van der Waals surface area contributed by atoms with Gasteiger partial charge in [-0.1, -0.05) is 0 Å². The second-order valence-corrected chi connectivity index (χ2v) is 6.80. The largest absolute Gasteiger partial charge is 0.266 e. The van der Waals surface area contributed by atoms with Crippen LogP contribution in [-0.4, -0.2) is 22.9 Å². The van der Waals surface area contributed by atoms with Gasteiger partial charge in [-0.2, -0.15) is 10.4 Å². The first-order chi connectivity index (χ1) is 7.19. The summed E-state index contributed by atoms with van der Waals surface area (Å²) in [5.74, 6) is 0.192. The Bertz CT molecular complexity index is 531. The predicted molar refractivity (Wildman–Crippen MR) is 60.2 cm³/mol. The summed E-state index contributed by atoms with van der Waals surface area (Å²) in [6, 6.07) is 1.88. The highest BCUT2D eigenvalue weighted by atomic mass is 32.2. The van der Waals surface area contributed by atoms with E-state index in [1.807, 2.05) is 6.07 Å². The SMILES string of the molecule is Cn1ncc(C#N)c1NS(=O)(=O)C(C)(C)C. The van der Waals surface area contributed by atoms with E-state index in [1.165, 1.54) is 10.9 Å². The van der Waals surface area contributed by atoms with Gasteiger partial charge in [0.15, 0.2) is 5.82 Å². The van der Waals surface area contributed by atoms with Gasteiger partial charge in [-0.15, -0.1) is 0 Å². The van der Waals surface area contributed by atoms with Crippen LogP contribution in [0.3, 0.4) is 0 Å². The molecular weight excluding hydrogens is 228 g/mol. The molecule has 0 radical (unpaired) electrons. The topological polar surface area (TPSA) is 87.8 Å². The number of rotatable bonds is 2. The highest BCUT2D eigenvalue weighted by Crippen LogP contribution is 2.21. The molecule has 0 fully saturated rings. The molecule has 1 rings (SSSR count). The van der Waals surface area contributed by atoms with E-state index in [4.69, 9.17) is 5.26 Å². The molecule has 0 atom stereocenters. The zero-order valence-electron chi connectivity index (χ0n) is 9.64. The average Bonchev–Trinajstić information content (AvgIpc) is 2.45. The van der Waals surface area contributed by atoms with Crippen molar-refractivity contribution in [3.05, 3.63) is 11.8 Å². The van der Waals surface area contributed by atoms with E-state index >= 15 is 0 Å². The smallest absolute Gasteiger partial charge is 0.238 e. The summed E-state index contributed by atoms with van der Waals surface area (Å²) < 4.78 is 26.5. The minimum absolute atomic E-state index is 0.192. The van der Waals surface area contributed by atoms with Crippen molar-refractivity contribution in [2.75, 3.05) is 4.72 Å². The maximum Gasteiger partial charge on any atom is 0.238 e. The fourth-order valence-corrected chi connectivity index (χ4v) is 1.72. The fraction of sp³-hybridized carbons (Fsp3) is 0.556. The summed E-state index contributed by atoms with van der Waals surface area (Å²) in [4.78, 5) is 0. The van der Waals surface area contributed by atoms with Crippen molar-refractivity contribution in [1.29, 1.82) is 5.26 Å². The van der Waals surface area contributed by atoms with E-state index in [0.717, 1.165) is 0 Å². The highest BCUT2D eigenvalue weighted by molar-refractivity contribution is 7.94. The minimum Gasteiger partial charge on any atom is -0.266 e. The third kappa shape index (κ3) is 2.17. The Labute approximate surface area is 94.9 Å². The van der Waals surface area contributed by atoms with E-state index < -0.39 is 14.8 Å². The minimum atomic E-state index is -3.54. The molecule has 1 N–H and O–H groups in total. The number of hydrogen-bond donors (Lipinski definition) is 1. The van der Waals surface area contributed by atoms with Gasteiger partial charge in [0, 0.05) is 7.05 Å². The third-order valence-corrected chi connectivity index (χ3v) is 4.17. The van der Waals surface area contributed by atoms with Crippen molar-refractivity contribution < 1.29 is 8.42 Å². The van der Waals surface area contributed by atoms with Crippen LogP contribution < -0.4 is 4.72 Å². The Morgan fingerprint density at radius 3 is 2.50 bits per heavy atom. The Morgan fingerprint density at radius 1 is 1.50 bits per heavy atom. The lowest BCUT2D eigenvalue weighted by Crippen LogP contribution is -2.34. The molecule has 0 aromatic carbocycles. The van der Waals surface area contributed by atoms with Gasteiger partial charge in [-0.05, 0) is 20.8 Å². The number of nitriles is 1. The van der Waals surface area contributed by atoms with Gasteiger partial charge in [0.05, 0.1) is 10.9 Å². The quantitative estimate of drug-likeness (QED) is 0.832. The first-order valence-electron chi connectivity index (χ1n) is 4.63. The Hall–Kier alpha value is -1.55. The molecule has 1 aromatic heterocycles. The predicted octanol–water partition coefficient (Wildman–Crippen LogP) is 0.832. The Morgan fingerprint density at radius 2 is 2.06 bits per heavy atom. The van der Waals surface area contributed by atoms with Crippen molar-refractivity contribution in [2.45, 2.75) is 25.5 Å². The molecule has 0 unspecified atom stereocenters. The molecule has 0 amide bonds. The summed E-state index contributed by atoms with van der Waals surface area (Å²) in [6.45, 7) is 4.74. The molecule has 1 heterocycles. The van der Waals surface area contributed by atoms with Crippen LogP contribution in [0.15, 0.2) is 6.20 Å². The molecular formula is C9H14N4O2S. The number of nitrogens with one attached hydrogen (secondary N) is 1. The average molecular weight is 242 g/mol. The molecule has 0 bridgehead atoms. The molecule has 0 aliphatic carbocycles. The zero-order chi connectivity index (χ0) is 12.6. The van der Waals surface area contributed by atoms with Gasteiger partial charge >= 0.3 is 0 Å². The fourth-order valence-electron chi connectivity index (χ4n) is 0.921. The van der Waals surface area contributed by atoms with E-state index in [9.17, 15) is 8.42 Å². The van der Waals surface area contributed by atoms with Crippen LogP contribution in [0.2, 0.25) is 0 Å². The van der Waals surface area contributed by atoms with Crippen molar-refractivity contribution in [1.82, 2.24) is 9.78 Å². The van der Waals surface area contributed by atoms with Crippen molar-refractivity contribution in [3.63, 3.8) is 0 Å². The molecule has 7 heteroatoms. The third-order valence-electron chi connectivity index (χ3n) is 2.10. The van der Waals surface area contributed by atoms with Gasteiger partial charge in [-0.3, -0.25) is 9.40 Å². The van der Waals surface area contributed by atoms with Crippen LogP contribution in [0.1, 0.15) is 26.3 Å². The molecule has 0 aliphatic heterocycles. The van der Waals surface area contributed by atoms with Crippen LogP contribution >= 0.6 is 0 Å². The molecule has 1 aromatic rings. The molecule has 0 saturated heterocycles. The molecule has 0 spiro atoms. The second-order valence-electron chi connectivity index (χ2n) is 4.36. The van der Waals surface area contributed by atoms with Crippen molar-refractivity contribution >= 4 is 15.8 Å². The van der Waals surface area contributed by atoms with Crippen LogP contribution in [0.25, 0.3) is 0 Å². The number of sulfonamides is 1. The maximum atomic E-state index is 11.9. The molecule has 0 aliphatic rings. The Balaban J connectivity index is 3.17. The monoisotopic (exact) mass is 242 g/mol. The molecule has 6 nitrogen and oxygen atoms in total. The summed E-state index contributed by atoms with van der Waals surface area (Å²) in [5, 5.41) is 12.6. The van der Waals surface area contributed by atoms with Crippen molar-refractivity contribution in [2.24, 2.45) is 7.05 Å². The number of aryl methyl sites for hydroxylation is 1. The van der Waals surface area contributed by atoms with Gasteiger partial charge in [0.2, 0.25) is 10.0 Å². The number of nitrogens with zero attached hydrogens (tertiary/aromatic N) is 3. The van der Waals surface area contributed by atoms with E-state index in [-0.39, 0.29) is 11.4 Å². The normalized spacial score (nSPS) is 12.2. The summed E-state index contributed by atoms with van der Waals surface area (Å²) in [7, 11) is -1.97. The summed E-state index contributed by atoms with van der Waals surface area (Å²) >= 11 is 0. The van der Waals surface area contributed by atoms with Gasteiger partial charge in [-0.25, -0.2) is 8.42 Å². The lowest BCUT2D eigenvalue weighted by atomic mass is 10.3. The van der Waals surface area contributed by atoms with Crippen LogP contribution in [0, 0.1) is 11.3 Å². The first-order valence-corrected chi connectivity index (χ1v) is 6.12. The number of hydrogen-bond acceptors (Lipinski definition) is 4. The van der Waals surface area contributed by atoms with Crippen LogP contribution in [0.5, 0.6) is 0 Å². The molecule has 16 heavy (non-hydrogen) atoms. The molecule has 0 saturated carbocycles. The maximum absolute atomic E-state index is 11.9. The lowest BCUT2D eigenvalue weighted by Gasteiger charge is -2.20. The van der Waals surface area contributed by atoms with Gasteiger partial charge in [0.1, 0.15) is 11.6 Å². The number of aromatic nitrogens is 2. The summed E-state index contributed by atoms with van der Waals surface area (Å²) in [5.41, 5.74) is 0.204. The second kappa shape index (κ2) is 3.79. The van der Waals surface area contributed by atoms with Crippen molar-refractivity contribution in [3.8, 4) is 6.07 Å². The van der Waals surface area contributed by atoms with E-state index in [2.05, 4.69) is 9.82 Å². The summed E-state index contributed by atoms with van der Waals surface area (Å²) in [6.07, 6.45) is 1.32. The van der Waals surface area contributed by atoms with Crippen LogP contribution in [-0.2, 0) is 17.1 Å². The van der Waals surface area contributed by atoms with Gasteiger partial charge < -0.3 is 0 Å². The molecule has 88 valence electrons. The Kier molecular flexibility index (Phi) is 2.97. The van der Waals surface area contributed by atoms with E-state index in [0.29, 0.717) is 0 Å².